The number of hydrogen-bond donors (Lipinski definition) is 2. The third-order valence-electron chi connectivity index (χ3n) is 7.63. The second kappa shape index (κ2) is 12.3. The number of piperidine rings is 1. The summed E-state index contributed by atoms with van der Waals surface area (Å²) in [5.41, 5.74) is 3.76. The summed E-state index contributed by atoms with van der Waals surface area (Å²) in [6.07, 6.45) is 7.68. The fourth-order valence-electron chi connectivity index (χ4n) is 5.54. The summed E-state index contributed by atoms with van der Waals surface area (Å²) in [6.45, 7) is 4.72. The predicted molar refractivity (Wildman–Crippen MR) is 138 cm³/mol. The van der Waals surface area contributed by atoms with Crippen molar-refractivity contribution in [1.29, 1.82) is 0 Å². The Bertz CT molecular complexity index is 1150. The van der Waals surface area contributed by atoms with E-state index in [1.54, 1.807) is 19.4 Å². The molecule has 0 unspecified atom stereocenters. The second-order valence-electron chi connectivity index (χ2n) is 10.0. The number of pyridine rings is 1. The van der Waals surface area contributed by atoms with Crippen LogP contribution in [0, 0.1) is 18.8 Å². The number of halogens is 1. The number of ether oxygens (including phenoxy) is 1. The van der Waals surface area contributed by atoms with Crippen molar-refractivity contribution in [1.82, 2.24) is 20.1 Å². The Kier molecular flexibility index (Phi) is 8.91. The Morgan fingerprint density at radius 2 is 2.17 bits per heavy atom. The van der Waals surface area contributed by atoms with Gasteiger partial charge in [0.15, 0.2) is 0 Å². The highest BCUT2D eigenvalue weighted by Crippen LogP contribution is 2.36. The molecule has 0 amide bonds. The Morgan fingerprint density at radius 3 is 2.92 bits per heavy atom. The number of carboxylic acid groups (broad SMARTS) is 1. The summed E-state index contributed by atoms with van der Waals surface area (Å²) >= 11 is 0. The molecule has 2 aromatic heterocycles. The molecule has 8 heteroatoms. The van der Waals surface area contributed by atoms with Gasteiger partial charge in [0, 0.05) is 30.2 Å². The first-order chi connectivity index (χ1) is 17.4. The van der Waals surface area contributed by atoms with Gasteiger partial charge in [-0.3, -0.25) is 14.9 Å². The maximum absolute atomic E-state index is 15.5. The zero-order chi connectivity index (χ0) is 25.5. The smallest absolute Gasteiger partial charge is 0.303 e. The largest absolute Gasteiger partial charge is 0.497 e. The van der Waals surface area contributed by atoms with Crippen molar-refractivity contribution in [3.63, 3.8) is 0 Å². The number of aryl methyl sites for hydroxylation is 2. The van der Waals surface area contributed by atoms with E-state index in [0.717, 1.165) is 61.9 Å². The molecule has 36 heavy (non-hydrogen) atoms. The molecule has 0 radical (unpaired) electrons. The topological polar surface area (TPSA) is 91.3 Å². The first kappa shape index (κ1) is 26.1. The van der Waals surface area contributed by atoms with Gasteiger partial charge in [0.25, 0.3) is 0 Å². The van der Waals surface area contributed by atoms with E-state index < -0.39 is 12.1 Å². The molecule has 0 spiro atoms. The minimum Gasteiger partial charge on any atom is -0.497 e. The highest BCUT2D eigenvalue weighted by molar-refractivity contribution is 5.83. The highest BCUT2D eigenvalue weighted by Gasteiger charge is 2.31. The van der Waals surface area contributed by atoms with E-state index in [-0.39, 0.29) is 18.3 Å². The van der Waals surface area contributed by atoms with Crippen molar-refractivity contribution in [2.24, 2.45) is 11.8 Å². The number of rotatable bonds is 12. The van der Waals surface area contributed by atoms with Gasteiger partial charge in [0.1, 0.15) is 11.9 Å². The standard InChI is InChI=1S/C28H37FN4O3/c1-19-21(17-31-32-19)5-3-4-13-33-14-11-20(22(18-33)15-28(34)35)6-8-26(29)24-10-12-30-27-9-7-23(36-2)16-25(24)27/h7,9-10,12,16-17,20,22,26H,3-6,8,11,13-15,18H2,1-2H3,(H,31,32)(H,34,35)/t20-,22+,26-/m1/s1. The first-order valence-corrected chi connectivity index (χ1v) is 12.9. The number of nitrogens with zero attached hydrogens (tertiary/aromatic N) is 3. The molecule has 0 aliphatic carbocycles. The number of unbranched alkanes of at least 4 members (excludes halogenated alkanes) is 1. The minimum atomic E-state index is -1.13. The van der Waals surface area contributed by atoms with E-state index in [1.807, 2.05) is 31.3 Å². The number of likely N-dealkylation sites (tertiary alicyclic amines) is 1. The molecule has 1 aromatic carbocycles. The predicted octanol–water partition coefficient (Wildman–Crippen LogP) is 5.50. The molecule has 3 atom stereocenters. The van der Waals surface area contributed by atoms with Gasteiger partial charge in [-0.15, -0.1) is 0 Å². The number of fused-ring (bicyclic) bond motifs is 1. The molecule has 1 fully saturated rings. The van der Waals surface area contributed by atoms with Crippen LogP contribution in [0.1, 0.15) is 61.5 Å². The summed E-state index contributed by atoms with van der Waals surface area (Å²) in [4.78, 5) is 18.3. The number of aromatic amines is 1. The van der Waals surface area contributed by atoms with Crippen molar-refractivity contribution >= 4 is 16.9 Å². The Balaban J connectivity index is 1.32. The molecule has 4 rings (SSSR count). The lowest BCUT2D eigenvalue weighted by atomic mass is 9.79. The number of aliphatic carboxylic acids is 1. The molecule has 3 aromatic rings. The summed E-state index contributed by atoms with van der Waals surface area (Å²) in [5.74, 6) is 0.171. The summed E-state index contributed by atoms with van der Waals surface area (Å²) in [6, 6.07) is 7.26. The Morgan fingerprint density at radius 1 is 1.31 bits per heavy atom. The lowest BCUT2D eigenvalue weighted by molar-refractivity contribution is -0.139. The first-order valence-electron chi connectivity index (χ1n) is 12.9. The summed E-state index contributed by atoms with van der Waals surface area (Å²) in [5, 5.41) is 17.4. The van der Waals surface area contributed by atoms with Crippen LogP contribution in [0.25, 0.3) is 10.9 Å². The van der Waals surface area contributed by atoms with E-state index in [2.05, 4.69) is 20.1 Å². The van der Waals surface area contributed by atoms with Crippen LogP contribution in [0.4, 0.5) is 4.39 Å². The molecule has 0 bridgehead atoms. The second-order valence-corrected chi connectivity index (χ2v) is 10.0. The maximum Gasteiger partial charge on any atom is 0.303 e. The number of carbonyl (C=O) groups is 1. The number of alkyl halides is 1. The van der Waals surface area contributed by atoms with Crippen LogP contribution >= 0.6 is 0 Å². The SMILES string of the molecule is COc1ccc2nccc([C@H](F)CC[C@@H]3CCN(CCCCc4cn[nH]c4C)C[C@@H]3CC(=O)O)c2c1. The third-order valence-corrected chi connectivity index (χ3v) is 7.63. The van der Waals surface area contributed by atoms with Crippen LogP contribution in [-0.2, 0) is 11.2 Å². The quantitative estimate of drug-likeness (QED) is 0.322. The van der Waals surface area contributed by atoms with Gasteiger partial charge >= 0.3 is 5.97 Å². The molecule has 1 aliphatic rings. The van der Waals surface area contributed by atoms with Crippen LogP contribution < -0.4 is 4.74 Å². The zero-order valence-corrected chi connectivity index (χ0v) is 21.3. The van der Waals surface area contributed by atoms with Crippen molar-refractivity contribution in [2.45, 2.75) is 58.0 Å². The maximum atomic E-state index is 15.5. The number of H-pyrrole nitrogens is 1. The molecule has 1 aliphatic heterocycles. The number of carboxylic acids is 1. The number of benzene rings is 1. The molecule has 3 heterocycles. The molecular formula is C28H37FN4O3. The van der Waals surface area contributed by atoms with Crippen LogP contribution in [0.15, 0.2) is 36.7 Å². The van der Waals surface area contributed by atoms with Crippen molar-refractivity contribution in [2.75, 3.05) is 26.7 Å². The van der Waals surface area contributed by atoms with Crippen LogP contribution in [0.3, 0.4) is 0 Å². The van der Waals surface area contributed by atoms with Gasteiger partial charge < -0.3 is 14.7 Å². The average Bonchev–Trinajstić information content (AvgIpc) is 3.29. The van der Waals surface area contributed by atoms with Gasteiger partial charge in [0.2, 0.25) is 0 Å². The zero-order valence-electron chi connectivity index (χ0n) is 21.3. The molecule has 2 N–H and O–H groups in total. The average molecular weight is 497 g/mol. The number of nitrogens with one attached hydrogen (secondary N) is 1. The monoisotopic (exact) mass is 496 g/mol. The van der Waals surface area contributed by atoms with E-state index >= 15 is 4.39 Å². The van der Waals surface area contributed by atoms with Gasteiger partial charge in [-0.2, -0.15) is 5.10 Å². The Hall–Kier alpha value is -3.00. The van der Waals surface area contributed by atoms with Crippen molar-refractivity contribution < 1.29 is 19.0 Å². The fourth-order valence-corrected chi connectivity index (χ4v) is 5.54. The number of aromatic nitrogens is 3. The number of hydrogen-bond acceptors (Lipinski definition) is 5. The van der Waals surface area contributed by atoms with Gasteiger partial charge in [-0.1, -0.05) is 0 Å². The van der Waals surface area contributed by atoms with E-state index in [9.17, 15) is 9.90 Å². The summed E-state index contributed by atoms with van der Waals surface area (Å²) in [7, 11) is 1.60. The van der Waals surface area contributed by atoms with Gasteiger partial charge in [-0.05, 0) is 106 Å². The van der Waals surface area contributed by atoms with E-state index in [0.29, 0.717) is 24.2 Å². The molecule has 0 saturated carbocycles. The summed E-state index contributed by atoms with van der Waals surface area (Å²) < 4.78 is 20.8. The van der Waals surface area contributed by atoms with Crippen LogP contribution in [0.2, 0.25) is 0 Å². The molecule has 7 nitrogen and oxygen atoms in total. The normalized spacial score (nSPS) is 19.4. The fraction of sp³-hybridized carbons (Fsp3) is 0.536. The molecule has 1 saturated heterocycles. The number of methoxy groups -OCH3 is 1. The lowest BCUT2D eigenvalue weighted by Crippen LogP contribution is -2.41. The lowest BCUT2D eigenvalue weighted by Gasteiger charge is -2.38. The molecular weight excluding hydrogens is 459 g/mol. The van der Waals surface area contributed by atoms with Crippen LogP contribution in [-0.4, -0.2) is 57.9 Å². The Labute approximate surface area is 212 Å². The van der Waals surface area contributed by atoms with Gasteiger partial charge in [-0.25, -0.2) is 4.39 Å². The van der Waals surface area contributed by atoms with Crippen molar-refractivity contribution in [3.05, 3.63) is 53.5 Å². The van der Waals surface area contributed by atoms with E-state index in [1.165, 1.54) is 5.56 Å². The van der Waals surface area contributed by atoms with Crippen LogP contribution in [0.5, 0.6) is 5.75 Å². The third kappa shape index (κ3) is 6.60. The van der Waals surface area contributed by atoms with Crippen molar-refractivity contribution in [3.8, 4) is 5.75 Å². The van der Waals surface area contributed by atoms with Gasteiger partial charge in [0.05, 0.1) is 18.8 Å². The highest BCUT2D eigenvalue weighted by atomic mass is 19.1. The van der Waals surface area contributed by atoms with E-state index in [4.69, 9.17) is 4.74 Å². The minimum absolute atomic E-state index is 0.0499. The molecule has 194 valence electrons.